The van der Waals surface area contributed by atoms with Crippen LogP contribution in [-0.4, -0.2) is 10.2 Å². The Labute approximate surface area is 122 Å². The van der Waals surface area contributed by atoms with Gasteiger partial charge in [-0.2, -0.15) is 0 Å². The highest BCUT2D eigenvalue weighted by molar-refractivity contribution is 9.10. The molecule has 0 unspecified atom stereocenters. The summed E-state index contributed by atoms with van der Waals surface area (Å²) in [5, 5.41) is 7.13. The lowest BCUT2D eigenvalue weighted by atomic mass is 10.1. The molecule has 0 spiro atoms. The molecular formula is C11H10BrClN2O2S. The van der Waals surface area contributed by atoms with Gasteiger partial charge in [-0.3, -0.25) is 0 Å². The molecule has 2 rings (SSSR count). The third-order valence-electron chi connectivity index (χ3n) is 2.40. The molecule has 4 nitrogen and oxygen atoms in total. The minimum Gasteiger partial charge on any atom is -0.483 e. The Balaban J connectivity index is 2.22. The summed E-state index contributed by atoms with van der Waals surface area (Å²) in [6.07, 6.45) is 0. The number of hydrogen-bond donors (Lipinski definition) is 1. The molecule has 0 fully saturated rings. The maximum absolute atomic E-state index is 6.14. The van der Waals surface area contributed by atoms with Gasteiger partial charge in [-0.25, -0.2) is 5.10 Å². The summed E-state index contributed by atoms with van der Waals surface area (Å²) < 4.78 is 11.6. The van der Waals surface area contributed by atoms with Gasteiger partial charge in [-0.15, -0.1) is 5.10 Å². The van der Waals surface area contributed by atoms with Crippen molar-refractivity contribution in [3.63, 3.8) is 0 Å². The van der Waals surface area contributed by atoms with Crippen LogP contribution in [0.3, 0.4) is 0 Å². The number of rotatable bonds is 3. The van der Waals surface area contributed by atoms with Gasteiger partial charge in [0.25, 0.3) is 10.7 Å². The lowest BCUT2D eigenvalue weighted by Crippen LogP contribution is -1.98. The van der Waals surface area contributed by atoms with E-state index < -0.39 is 0 Å². The Morgan fingerprint density at radius 2 is 2.28 bits per heavy atom. The molecule has 2 aromatic rings. The van der Waals surface area contributed by atoms with Crippen LogP contribution >= 0.6 is 39.7 Å². The number of benzene rings is 1. The lowest BCUT2D eigenvalue weighted by molar-refractivity contribution is 0.260. The normalized spacial score (nSPS) is 10.7. The Morgan fingerprint density at radius 3 is 2.89 bits per heavy atom. The average molecular weight is 350 g/mol. The molecule has 1 aromatic carbocycles. The molecule has 0 radical (unpaired) electrons. The quantitative estimate of drug-likeness (QED) is 0.837. The third-order valence-corrected chi connectivity index (χ3v) is 4.14. The fourth-order valence-electron chi connectivity index (χ4n) is 1.47. The van der Waals surface area contributed by atoms with Gasteiger partial charge in [0, 0.05) is 5.02 Å². The maximum atomic E-state index is 6.14. The molecule has 1 heterocycles. The van der Waals surface area contributed by atoms with Crippen molar-refractivity contribution in [2.24, 2.45) is 0 Å². The monoisotopic (exact) mass is 348 g/mol. The topological polar surface area (TPSA) is 51.0 Å². The second-order valence-electron chi connectivity index (χ2n) is 3.74. The minimum atomic E-state index is 0.201. The van der Waals surface area contributed by atoms with E-state index in [4.69, 9.17) is 33.0 Å². The average Bonchev–Trinajstić information content (AvgIpc) is 2.75. The number of aromatic nitrogens is 2. The summed E-state index contributed by atoms with van der Waals surface area (Å²) in [4.78, 5) is 0.233. The fraction of sp³-hybridized carbons (Fsp3) is 0.273. The van der Waals surface area contributed by atoms with Crippen molar-refractivity contribution in [2.75, 3.05) is 0 Å². The molecule has 1 aromatic heterocycles. The third kappa shape index (κ3) is 2.76. The number of nitrogens with one attached hydrogen (secondary N) is 1. The van der Waals surface area contributed by atoms with E-state index in [9.17, 15) is 0 Å². The van der Waals surface area contributed by atoms with Crippen LogP contribution in [0.1, 0.15) is 17.0 Å². The highest BCUT2D eigenvalue weighted by atomic mass is 79.9. The molecule has 7 heteroatoms. The zero-order valence-electron chi connectivity index (χ0n) is 9.71. The summed E-state index contributed by atoms with van der Waals surface area (Å²) in [5.41, 5.74) is 1.89. The Bertz CT molecular complexity index is 638. The summed E-state index contributed by atoms with van der Waals surface area (Å²) in [6.45, 7) is 4.05. The number of hydrogen-bond acceptors (Lipinski definition) is 4. The maximum Gasteiger partial charge on any atom is 0.284 e. The van der Waals surface area contributed by atoms with E-state index in [0.717, 1.165) is 20.6 Å². The van der Waals surface area contributed by atoms with E-state index in [1.807, 2.05) is 19.9 Å². The standard InChI is InChI=1S/C11H10BrClN2O2S/c1-5-3-7(9(12)6(2)10(5)13)16-4-8-14-15-11(18)17-8/h3H,4H2,1-2H3,(H,15,18). The summed E-state index contributed by atoms with van der Waals surface area (Å²) in [5.74, 6) is 1.09. The first kappa shape index (κ1) is 13.6. The molecule has 0 aliphatic carbocycles. The van der Waals surface area contributed by atoms with Crippen molar-refractivity contribution in [1.29, 1.82) is 0 Å². The lowest BCUT2D eigenvalue weighted by Gasteiger charge is -2.11. The zero-order valence-corrected chi connectivity index (χ0v) is 12.9. The van der Waals surface area contributed by atoms with Gasteiger partial charge in [-0.05, 0) is 59.2 Å². The molecule has 18 heavy (non-hydrogen) atoms. The highest BCUT2D eigenvalue weighted by Gasteiger charge is 2.12. The molecular weight excluding hydrogens is 340 g/mol. The predicted octanol–water partition coefficient (Wildman–Crippen LogP) is 4.34. The Morgan fingerprint density at radius 1 is 1.56 bits per heavy atom. The first-order valence-corrected chi connectivity index (χ1v) is 6.69. The van der Waals surface area contributed by atoms with Gasteiger partial charge >= 0.3 is 0 Å². The van der Waals surface area contributed by atoms with Crippen molar-refractivity contribution in [2.45, 2.75) is 20.5 Å². The van der Waals surface area contributed by atoms with Crippen molar-refractivity contribution >= 4 is 39.7 Å². The second-order valence-corrected chi connectivity index (χ2v) is 5.28. The predicted molar refractivity (Wildman–Crippen MR) is 74.6 cm³/mol. The number of H-pyrrole nitrogens is 1. The SMILES string of the molecule is Cc1cc(OCc2n[nH]c(=S)o2)c(Br)c(C)c1Cl. The molecule has 1 N–H and O–H groups in total. The number of nitrogens with zero attached hydrogens (tertiary/aromatic N) is 1. The van der Waals surface area contributed by atoms with Crippen LogP contribution in [0, 0.1) is 18.7 Å². The largest absolute Gasteiger partial charge is 0.483 e. The van der Waals surface area contributed by atoms with E-state index in [1.54, 1.807) is 0 Å². The molecule has 0 bridgehead atoms. The van der Waals surface area contributed by atoms with Crippen molar-refractivity contribution in [3.8, 4) is 5.75 Å². The van der Waals surface area contributed by atoms with Crippen molar-refractivity contribution in [3.05, 3.63) is 37.4 Å². The second kappa shape index (κ2) is 5.42. The number of ether oxygens (including phenoxy) is 1. The summed E-state index contributed by atoms with van der Waals surface area (Å²) >= 11 is 14.4. The van der Waals surface area contributed by atoms with Crippen molar-refractivity contribution in [1.82, 2.24) is 10.2 Å². The van der Waals surface area contributed by atoms with Gasteiger partial charge in [0.2, 0.25) is 0 Å². The van der Waals surface area contributed by atoms with E-state index >= 15 is 0 Å². The van der Waals surface area contributed by atoms with Gasteiger partial charge in [0.1, 0.15) is 5.75 Å². The summed E-state index contributed by atoms with van der Waals surface area (Å²) in [7, 11) is 0. The molecule has 0 amide bonds. The zero-order chi connectivity index (χ0) is 13.3. The van der Waals surface area contributed by atoms with Crippen LogP contribution < -0.4 is 4.74 Å². The van der Waals surface area contributed by atoms with E-state index in [2.05, 4.69) is 26.1 Å². The van der Waals surface area contributed by atoms with Gasteiger partial charge in [0.15, 0.2) is 6.61 Å². The smallest absolute Gasteiger partial charge is 0.284 e. The van der Waals surface area contributed by atoms with E-state index in [0.29, 0.717) is 11.6 Å². The van der Waals surface area contributed by atoms with Crippen LogP contribution in [0.15, 0.2) is 15.0 Å². The van der Waals surface area contributed by atoms with Crippen molar-refractivity contribution < 1.29 is 9.15 Å². The molecule has 96 valence electrons. The Hall–Kier alpha value is -0.850. The van der Waals surface area contributed by atoms with Crippen LogP contribution in [0.4, 0.5) is 0 Å². The van der Waals surface area contributed by atoms with Gasteiger partial charge in [0.05, 0.1) is 4.47 Å². The molecule has 0 aliphatic heterocycles. The number of aromatic amines is 1. The number of aryl methyl sites for hydroxylation is 1. The number of halogens is 2. The molecule has 0 atom stereocenters. The van der Waals surface area contributed by atoms with Gasteiger partial charge in [-0.1, -0.05) is 11.6 Å². The molecule has 0 aliphatic rings. The van der Waals surface area contributed by atoms with Crippen LogP contribution in [-0.2, 0) is 6.61 Å². The fourth-order valence-corrected chi connectivity index (χ4v) is 2.30. The van der Waals surface area contributed by atoms with E-state index in [1.165, 1.54) is 0 Å². The van der Waals surface area contributed by atoms with Crippen LogP contribution in [0.2, 0.25) is 5.02 Å². The molecule has 0 saturated heterocycles. The van der Waals surface area contributed by atoms with E-state index in [-0.39, 0.29) is 11.4 Å². The first-order chi connectivity index (χ1) is 8.49. The minimum absolute atomic E-state index is 0.201. The Kier molecular flexibility index (Phi) is 4.09. The highest BCUT2D eigenvalue weighted by Crippen LogP contribution is 2.35. The van der Waals surface area contributed by atoms with Crippen LogP contribution in [0.25, 0.3) is 0 Å². The van der Waals surface area contributed by atoms with Crippen LogP contribution in [0.5, 0.6) is 5.75 Å². The first-order valence-electron chi connectivity index (χ1n) is 5.11. The van der Waals surface area contributed by atoms with Gasteiger partial charge < -0.3 is 9.15 Å². The summed E-state index contributed by atoms with van der Waals surface area (Å²) in [6, 6.07) is 1.86. The molecule has 0 saturated carbocycles.